The monoisotopic (exact) mass is 462 g/mol. The van der Waals surface area contributed by atoms with Crippen LogP contribution in [0.25, 0.3) is 0 Å². The molecular formula is C29H50O2S. The molecule has 1 aromatic carbocycles. The second kappa shape index (κ2) is 14.2. The molecule has 184 valence electrons. The van der Waals surface area contributed by atoms with Crippen LogP contribution in [-0.2, 0) is 10.8 Å². The van der Waals surface area contributed by atoms with Gasteiger partial charge in [0.05, 0.1) is 0 Å². The van der Waals surface area contributed by atoms with Crippen LogP contribution >= 0.6 is 12.2 Å². The lowest BCUT2D eigenvalue weighted by atomic mass is 9.79. The Labute approximate surface area is 204 Å². The van der Waals surface area contributed by atoms with Gasteiger partial charge >= 0.3 is 0 Å². The number of hydrogen-bond acceptors (Lipinski definition) is 3. The molecule has 0 saturated carbocycles. The summed E-state index contributed by atoms with van der Waals surface area (Å²) < 4.78 is 6.06. The number of benzene rings is 1. The molecule has 0 fully saturated rings. The molecule has 0 bridgehead atoms. The highest BCUT2D eigenvalue weighted by Crippen LogP contribution is 2.41. The standard InChI is InChI=1S/C29H50O2S/c1-8-9-10-11-12-13-14-15-16-17-18-19-20-26(32)31-23-21-24(28(2,3)4)27(30)25(22-23)29(5,6)7/h21-22,30H,8-20H2,1-7H3. The fraction of sp³-hybridized carbons (Fsp3) is 0.759. The fourth-order valence-corrected chi connectivity index (χ4v) is 4.34. The molecular weight excluding hydrogens is 412 g/mol. The number of rotatable bonds is 14. The Morgan fingerprint density at radius 3 is 1.47 bits per heavy atom. The van der Waals surface area contributed by atoms with E-state index in [0.717, 1.165) is 29.7 Å². The highest BCUT2D eigenvalue weighted by Gasteiger charge is 2.27. The van der Waals surface area contributed by atoms with Gasteiger partial charge in [-0.3, -0.25) is 0 Å². The molecule has 0 radical (unpaired) electrons. The van der Waals surface area contributed by atoms with Gasteiger partial charge in [0.2, 0.25) is 0 Å². The summed E-state index contributed by atoms with van der Waals surface area (Å²) >= 11 is 5.54. The van der Waals surface area contributed by atoms with Crippen molar-refractivity contribution in [3.8, 4) is 11.5 Å². The third-order valence-corrected chi connectivity index (χ3v) is 6.45. The number of phenolic OH excluding ortho intramolecular Hbond substituents is 1. The largest absolute Gasteiger partial charge is 0.507 e. The number of thiocarbonyl (C=S) groups is 1. The van der Waals surface area contributed by atoms with Gasteiger partial charge in [-0.25, -0.2) is 0 Å². The van der Waals surface area contributed by atoms with Crippen molar-refractivity contribution in [2.75, 3.05) is 0 Å². The van der Waals surface area contributed by atoms with Crippen LogP contribution in [0.15, 0.2) is 12.1 Å². The van der Waals surface area contributed by atoms with Gasteiger partial charge < -0.3 is 9.84 Å². The van der Waals surface area contributed by atoms with E-state index in [0.29, 0.717) is 10.8 Å². The highest BCUT2D eigenvalue weighted by atomic mass is 32.1. The van der Waals surface area contributed by atoms with E-state index < -0.39 is 0 Å². The van der Waals surface area contributed by atoms with Crippen molar-refractivity contribution in [2.24, 2.45) is 0 Å². The summed E-state index contributed by atoms with van der Waals surface area (Å²) in [5.41, 5.74) is 1.49. The molecule has 0 aromatic heterocycles. The van der Waals surface area contributed by atoms with Crippen LogP contribution < -0.4 is 4.74 Å². The van der Waals surface area contributed by atoms with Gasteiger partial charge in [-0.15, -0.1) is 0 Å². The van der Waals surface area contributed by atoms with Gasteiger partial charge in [-0.2, -0.15) is 0 Å². The molecule has 0 aliphatic carbocycles. The van der Waals surface area contributed by atoms with Crippen molar-refractivity contribution in [1.82, 2.24) is 0 Å². The molecule has 0 saturated heterocycles. The third kappa shape index (κ3) is 11.2. The third-order valence-electron chi connectivity index (χ3n) is 6.17. The summed E-state index contributed by atoms with van der Waals surface area (Å²) in [4.78, 5) is 0. The van der Waals surface area contributed by atoms with Crippen molar-refractivity contribution >= 4 is 17.3 Å². The zero-order valence-electron chi connectivity index (χ0n) is 22.1. The maximum Gasteiger partial charge on any atom is 0.167 e. The van der Waals surface area contributed by atoms with Crippen LogP contribution in [0.1, 0.15) is 143 Å². The average Bonchev–Trinajstić information content (AvgIpc) is 2.68. The highest BCUT2D eigenvalue weighted by molar-refractivity contribution is 7.80. The molecule has 0 amide bonds. The second-order valence-electron chi connectivity index (χ2n) is 11.5. The van der Waals surface area contributed by atoms with E-state index >= 15 is 0 Å². The fourth-order valence-electron chi connectivity index (χ4n) is 4.10. The maximum atomic E-state index is 10.9. The zero-order valence-corrected chi connectivity index (χ0v) is 22.9. The number of aromatic hydroxyl groups is 1. The Balaban J connectivity index is 2.39. The van der Waals surface area contributed by atoms with Crippen LogP contribution in [-0.4, -0.2) is 10.2 Å². The second-order valence-corrected chi connectivity index (χ2v) is 11.9. The first-order valence-corrected chi connectivity index (χ1v) is 13.5. The van der Waals surface area contributed by atoms with E-state index in [9.17, 15) is 5.11 Å². The van der Waals surface area contributed by atoms with Crippen molar-refractivity contribution < 1.29 is 9.84 Å². The number of unbranched alkanes of at least 4 members (excludes halogenated alkanes) is 11. The van der Waals surface area contributed by atoms with Crippen molar-refractivity contribution in [1.29, 1.82) is 0 Å². The van der Waals surface area contributed by atoms with E-state index in [2.05, 4.69) is 48.5 Å². The molecule has 0 aliphatic rings. The maximum absolute atomic E-state index is 10.9. The molecule has 0 aliphatic heterocycles. The Bertz CT molecular complexity index is 644. The zero-order chi connectivity index (χ0) is 24.2. The van der Waals surface area contributed by atoms with E-state index in [-0.39, 0.29) is 10.8 Å². The summed E-state index contributed by atoms with van der Waals surface area (Å²) in [5, 5.41) is 11.5. The molecule has 32 heavy (non-hydrogen) atoms. The molecule has 0 spiro atoms. The molecule has 1 N–H and O–H groups in total. The van der Waals surface area contributed by atoms with Crippen molar-refractivity contribution in [2.45, 2.75) is 143 Å². The van der Waals surface area contributed by atoms with E-state index in [1.54, 1.807) is 0 Å². The summed E-state index contributed by atoms with van der Waals surface area (Å²) in [5.74, 6) is 1.13. The van der Waals surface area contributed by atoms with Crippen LogP contribution in [0.3, 0.4) is 0 Å². The summed E-state index contributed by atoms with van der Waals surface area (Å²) in [6, 6.07) is 3.91. The number of ether oxygens (including phenoxy) is 1. The molecule has 3 heteroatoms. The van der Waals surface area contributed by atoms with Crippen LogP contribution in [0, 0.1) is 0 Å². The lowest BCUT2D eigenvalue weighted by Gasteiger charge is -2.28. The van der Waals surface area contributed by atoms with Crippen molar-refractivity contribution in [3.63, 3.8) is 0 Å². The summed E-state index contributed by atoms with van der Waals surface area (Å²) in [6.45, 7) is 15.0. The topological polar surface area (TPSA) is 29.5 Å². The summed E-state index contributed by atoms with van der Waals surface area (Å²) in [6.07, 6.45) is 16.9. The van der Waals surface area contributed by atoms with E-state index in [1.807, 2.05) is 12.1 Å². The van der Waals surface area contributed by atoms with Crippen molar-refractivity contribution in [3.05, 3.63) is 23.3 Å². The Hall–Kier alpha value is -1.09. The minimum absolute atomic E-state index is 0.166. The van der Waals surface area contributed by atoms with Gasteiger partial charge in [0.1, 0.15) is 11.5 Å². The molecule has 0 unspecified atom stereocenters. The Morgan fingerprint density at radius 2 is 1.09 bits per heavy atom. The predicted octanol–water partition coefficient (Wildman–Crippen LogP) is 9.78. The van der Waals surface area contributed by atoms with Crippen LogP contribution in [0.5, 0.6) is 11.5 Å². The minimum Gasteiger partial charge on any atom is -0.507 e. The molecule has 0 heterocycles. The lowest BCUT2D eigenvalue weighted by molar-refractivity contribution is 0.419. The van der Waals surface area contributed by atoms with Crippen LogP contribution in [0.2, 0.25) is 0 Å². The summed E-state index contributed by atoms with van der Waals surface area (Å²) in [7, 11) is 0. The predicted molar refractivity (Wildman–Crippen MR) is 144 cm³/mol. The first kappa shape index (κ1) is 28.9. The van der Waals surface area contributed by atoms with Gasteiger partial charge in [-0.05, 0) is 41.6 Å². The van der Waals surface area contributed by atoms with Gasteiger partial charge in [-0.1, -0.05) is 119 Å². The smallest absolute Gasteiger partial charge is 0.167 e. The van der Waals surface area contributed by atoms with E-state index in [1.165, 1.54) is 70.6 Å². The SMILES string of the molecule is CCCCCCCCCCCCCCC(=S)Oc1cc(C(C)(C)C)c(O)c(C(C)(C)C)c1. The minimum atomic E-state index is -0.166. The molecule has 1 aromatic rings. The quantitative estimate of drug-likeness (QED) is 0.220. The average molecular weight is 463 g/mol. The molecule has 2 nitrogen and oxygen atoms in total. The normalized spacial score (nSPS) is 12.2. The van der Waals surface area contributed by atoms with E-state index in [4.69, 9.17) is 17.0 Å². The van der Waals surface area contributed by atoms with Gasteiger partial charge in [0.15, 0.2) is 5.05 Å². The molecule has 0 atom stereocenters. The Morgan fingerprint density at radius 1 is 0.719 bits per heavy atom. The number of hydrogen-bond donors (Lipinski definition) is 1. The number of phenols is 1. The lowest BCUT2D eigenvalue weighted by Crippen LogP contribution is -2.18. The molecule has 1 rings (SSSR count). The van der Waals surface area contributed by atoms with Gasteiger partial charge in [0.25, 0.3) is 0 Å². The van der Waals surface area contributed by atoms with Gasteiger partial charge in [0, 0.05) is 17.5 Å². The Kier molecular flexibility index (Phi) is 12.9. The first-order valence-electron chi connectivity index (χ1n) is 13.1. The van der Waals surface area contributed by atoms with Crippen LogP contribution in [0.4, 0.5) is 0 Å². The first-order chi connectivity index (χ1) is 15.0.